The van der Waals surface area contributed by atoms with Gasteiger partial charge in [0.05, 0.1) is 12.2 Å². The number of carboxylic acid groups (broad SMARTS) is 1. The van der Waals surface area contributed by atoms with E-state index in [0.717, 1.165) is 0 Å². The van der Waals surface area contributed by atoms with Crippen molar-refractivity contribution in [3.8, 4) is 0 Å². The molecule has 0 saturated carbocycles. The zero-order chi connectivity index (χ0) is 51.8. The van der Waals surface area contributed by atoms with E-state index in [1.807, 2.05) is 0 Å². The molecule has 2 unspecified atom stereocenters. The zero-order valence-electron chi connectivity index (χ0n) is 39.8. The quantitative estimate of drug-likeness (QED) is 0.0175. The first-order chi connectivity index (χ1) is 32.6. The van der Waals surface area contributed by atoms with Crippen LogP contribution in [0.1, 0.15) is 104 Å². The smallest absolute Gasteiger partial charge is 0.326 e. The van der Waals surface area contributed by atoms with Gasteiger partial charge in [-0.3, -0.25) is 44.4 Å². The number of carboxylic acids is 1. The number of amides is 7. The number of hydrogen-bond donors (Lipinski definition) is 17. The highest BCUT2D eigenvalue weighted by Crippen LogP contribution is 2.22. The number of nitrogens with zero attached hydrogens (tertiary/aromatic N) is 2. The van der Waals surface area contributed by atoms with Gasteiger partial charge < -0.3 is 91.0 Å². The Morgan fingerprint density at radius 2 is 1.00 bits per heavy atom. The lowest BCUT2D eigenvalue weighted by atomic mass is 10.0. The lowest BCUT2D eigenvalue weighted by Crippen LogP contribution is -2.61. The SMILES string of the molecule is CC(O)[C@@H](N)C(=O)N[C@@H](CCCCN)C(=O)N1CCC[C@H]1C(=O)N[C@H](CCCNC(=N)N)C(=O)N[C@@H](C(=O)N[C@@H](CCCCN)C(=O)N1CCC[C@H]1C(=O)N[C@H](CCCNC(=N)N)C(=O)O)C(C)O. The van der Waals surface area contributed by atoms with Gasteiger partial charge in [0.25, 0.3) is 0 Å². The summed E-state index contributed by atoms with van der Waals surface area (Å²) in [5.74, 6) is -7.25. The molecule has 10 atom stereocenters. The van der Waals surface area contributed by atoms with Crippen LogP contribution >= 0.6 is 0 Å². The number of likely N-dealkylation sites (tertiary alicyclic amines) is 2. The molecule has 27 nitrogen and oxygen atoms in total. The number of nitrogens with one attached hydrogen (secondary N) is 9. The molecule has 2 heterocycles. The lowest BCUT2D eigenvalue weighted by Gasteiger charge is -2.32. The number of unbranched alkanes of at least 4 members (excludes halogenated alkanes) is 2. The Morgan fingerprint density at radius 1 is 0.580 bits per heavy atom. The molecule has 2 aliphatic rings. The highest BCUT2D eigenvalue weighted by atomic mass is 16.4. The molecule has 2 rings (SSSR count). The highest BCUT2D eigenvalue weighted by molar-refractivity contribution is 5.98. The molecule has 0 aromatic carbocycles. The van der Waals surface area contributed by atoms with Crippen LogP contribution in [0.4, 0.5) is 0 Å². The average Bonchev–Trinajstić information content (AvgIpc) is 4.00. The van der Waals surface area contributed by atoms with E-state index < -0.39 is 108 Å². The fraction of sp³-hybridized carbons (Fsp3) is 0.762. The summed E-state index contributed by atoms with van der Waals surface area (Å²) in [7, 11) is 0. The fourth-order valence-electron chi connectivity index (χ4n) is 8.03. The van der Waals surface area contributed by atoms with Crippen LogP contribution in [0.2, 0.25) is 0 Å². The molecule has 7 amide bonds. The molecule has 2 fully saturated rings. The van der Waals surface area contributed by atoms with Crippen LogP contribution in [0.15, 0.2) is 0 Å². The van der Waals surface area contributed by atoms with Gasteiger partial charge in [0, 0.05) is 26.2 Å². The predicted molar refractivity (Wildman–Crippen MR) is 252 cm³/mol. The first kappa shape index (κ1) is 59.2. The maximum Gasteiger partial charge on any atom is 0.326 e. The third-order valence-corrected chi connectivity index (χ3v) is 11.9. The summed E-state index contributed by atoms with van der Waals surface area (Å²) < 4.78 is 0. The number of rotatable bonds is 31. The van der Waals surface area contributed by atoms with E-state index in [2.05, 4.69) is 37.2 Å². The molecule has 0 aromatic rings. The Hall–Kier alpha value is -5.90. The molecule has 0 aliphatic carbocycles. The van der Waals surface area contributed by atoms with Gasteiger partial charge in [-0.15, -0.1) is 0 Å². The van der Waals surface area contributed by atoms with Crippen LogP contribution < -0.4 is 65.9 Å². The monoisotopic (exact) mass is 983 g/mol. The molecule has 392 valence electrons. The summed E-state index contributed by atoms with van der Waals surface area (Å²) in [5, 5.41) is 63.3. The minimum absolute atomic E-state index is 0.00420. The average molecular weight is 983 g/mol. The Kier molecular flexibility index (Phi) is 26.2. The van der Waals surface area contributed by atoms with Crippen LogP contribution in [-0.2, 0) is 38.4 Å². The second kappa shape index (κ2) is 30.6. The van der Waals surface area contributed by atoms with E-state index in [-0.39, 0.29) is 96.0 Å². The number of guanidine groups is 2. The molecule has 0 radical (unpaired) electrons. The van der Waals surface area contributed by atoms with Gasteiger partial charge >= 0.3 is 5.97 Å². The second-order valence-corrected chi connectivity index (χ2v) is 17.5. The van der Waals surface area contributed by atoms with Gasteiger partial charge in [-0.25, -0.2) is 4.79 Å². The molecule has 0 bridgehead atoms. The van der Waals surface area contributed by atoms with Crippen molar-refractivity contribution in [1.29, 1.82) is 10.8 Å². The van der Waals surface area contributed by atoms with Crippen LogP contribution in [0.3, 0.4) is 0 Å². The Labute approximate surface area is 402 Å². The number of aliphatic hydroxyl groups is 2. The van der Waals surface area contributed by atoms with Gasteiger partial charge in [0.1, 0.15) is 48.3 Å². The van der Waals surface area contributed by atoms with E-state index in [1.165, 1.54) is 23.6 Å². The van der Waals surface area contributed by atoms with Crippen molar-refractivity contribution >= 4 is 59.2 Å². The minimum Gasteiger partial charge on any atom is -0.480 e. The van der Waals surface area contributed by atoms with Crippen molar-refractivity contribution in [3.63, 3.8) is 0 Å². The maximum absolute atomic E-state index is 14.2. The van der Waals surface area contributed by atoms with Gasteiger partial charge in [0.2, 0.25) is 41.4 Å². The Bertz CT molecular complexity index is 1760. The van der Waals surface area contributed by atoms with Crippen molar-refractivity contribution in [3.05, 3.63) is 0 Å². The third-order valence-electron chi connectivity index (χ3n) is 11.9. The third kappa shape index (κ3) is 19.9. The van der Waals surface area contributed by atoms with Gasteiger partial charge in [-0.2, -0.15) is 0 Å². The van der Waals surface area contributed by atoms with E-state index >= 15 is 0 Å². The Morgan fingerprint density at radius 3 is 1.41 bits per heavy atom. The predicted octanol–water partition coefficient (Wildman–Crippen LogP) is -5.65. The van der Waals surface area contributed by atoms with E-state index in [1.54, 1.807) is 0 Å². The number of nitrogens with two attached hydrogens (primary N) is 5. The number of carbonyl (C=O) groups is 8. The van der Waals surface area contributed by atoms with Gasteiger partial charge in [0.15, 0.2) is 11.9 Å². The second-order valence-electron chi connectivity index (χ2n) is 17.5. The summed E-state index contributed by atoms with van der Waals surface area (Å²) in [6.45, 7) is 3.72. The molecule has 0 spiro atoms. The van der Waals surface area contributed by atoms with Crippen molar-refractivity contribution in [2.45, 2.75) is 164 Å². The largest absolute Gasteiger partial charge is 0.480 e. The van der Waals surface area contributed by atoms with E-state index in [0.29, 0.717) is 45.1 Å². The molecule has 27 heteroatoms. The standard InChI is InChI=1S/C42H78N16O11/c1-23(59)31(45)36(64)53-26(11-3-5-17-43)38(66)57-21-9-15-29(57)34(62)52-25(13-7-19-50-41(46)47)33(61)56-32(24(2)60)37(65)54-27(12-4-6-18-44)39(67)58-22-10-16-30(58)35(63)55-28(40(68)69)14-8-20-51-42(48)49/h23-32,59-60H,3-22,43-45H2,1-2H3,(H,52,62)(H,53,64)(H,54,65)(H,55,63)(H,56,61)(H,68,69)(H4,46,47,50)(H4,48,49,51)/t23?,24?,25-,26+,27+,28-,29+,30+,31-,32-/m1/s1. The van der Waals surface area contributed by atoms with Crippen LogP contribution in [0.5, 0.6) is 0 Å². The summed E-state index contributed by atoms with van der Waals surface area (Å²) in [5.41, 5.74) is 27.9. The normalized spacial score (nSPS) is 19.1. The zero-order valence-corrected chi connectivity index (χ0v) is 39.8. The summed E-state index contributed by atoms with van der Waals surface area (Å²) in [6, 6.07) is -10.2. The number of carbonyl (C=O) groups excluding carboxylic acids is 7. The summed E-state index contributed by atoms with van der Waals surface area (Å²) >= 11 is 0. The van der Waals surface area contributed by atoms with Crippen molar-refractivity contribution in [2.75, 3.05) is 39.3 Å². The van der Waals surface area contributed by atoms with E-state index in [9.17, 15) is 53.7 Å². The summed E-state index contributed by atoms with van der Waals surface area (Å²) in [6.07, 6.45) is 0.835. The number of hydrogen-bond acceptors (Lipinski definition) is 15. The van der Waals surface area contributed by atoms with Crippen molar-refractivity contribution in [1.82, 2.24) is 47.0 Å². The van der Waals surface area contributed by atoms with Crippen molar-refractivity contribution in [2.24, 2.45) is 28.7 Å². The molecular weight excluding hydrogens is 905 g/mol. The van der Waals surface area contributed by atoms with Gasteiger partial charge in [-0.1, -0.05) is 0 Å². The summed E-state index contributed by atoms with van der Waals surface area (Å²) in [4.78, 5) is 111. The Balaban J connectivity index is 2.33. The van der Waals surface area contributed by atoms with E-state index in [4.69, 9.17) is 39.5 Å². The topological polar surface area (TPSA) is 466 Å². The number of aliphatic carboxylic acids is 1. The fourth-order valence-corrected chi connectivity index (χ4v) is 8.03. The first-order valence-corrected chi connectivity index (χ1v) is 23.7. The molecule has 2 aliphatic heterocycles. The van der Waals surface area contributed by atoms with Crippen molar-refractivity contribution < 1.29 is 53.7 Å². The first-order valence-electron chi connectivity index (χ1n) is 23.7. The molecule has 69 heavy (non-hydrogen) atoms. The molecule has 22 N–H and O–H groups in total. The van der Waals surface area contributed by atoms with Gasteiger partial charge in [-0.05, 0) is 117 Å². The molecular formula is C42H78N16O11. The lowest BCUT2D eigenvalue weighted by molar-refractivity contribution is -0.145. The van der Waals surface area contributed by atoms with Crippen LogP contribution in [0.25, 0.3) is 0 Å². The number of aliphatic hydroxyl groups excluding tert-OH is 2. The minimum atomic E-state index is -1.68. The molecule has 0 aromatic heterocycles. The molecule has 2 saturated heterocycles. The maximum atomic E-state index is 14.2. The van der Waals surface area contributed by atoms with Crippen LogP contribution in [0, 0.1) is 10.8 Å². The van der Waals surface area contributed by atoms with Crippen LogP contribution in [-0.4, -0.2) is 184 Å². The highest BCUT2D eigenvalue weighted by Gasteiger charge is 2.42.